The number of benzene rings is 1. The third kappa shape index (κ3) is 6.64. The first-order valence-corrected chi connectivity index (χ1v) is 8.55. The number of hydrogen-bond donors (Lipinski definition) is 1. The molecule has 1 N–H and O–H groups in total. The Morgan fingerprint density at radius 2 is 1.96 bits per heavy atom. The molecule has 0 atom stereocenters. The average molecular weight is 456 g/mol. The number of aliphatic imine (C=N–C) groups is 1. The number of halogens is 1. The number of aromatic nitrogens is 3. The smallest absolute Gasteiger partial charge is 0.194 e. The van der Waals surface area contributed by atoms with Crippen LogP contribution in [0.4, 0.5) is 0 Å². The molecule has 0 aliphatic rings. The predicted molar refractivity (Wildman–Crippen MR) is 113 cm³/mol. The van der Waals surface area contributed by atoms with Gasteiger partial charge in [0, 0.05) is 33.1 Å². The summed E-state index contributed by atoms with van der Waals surface area (Å²) in [7, 11) is 2.07. The summed E-state index contributed by atoms with van der Waals surface area (Å²) in [6.45, 7) is 9.46. The van der Waals surface area contributed by atoms with Crippen LogP contribution in [0.2, 0.25) is 0 Å². The summed E-state index contributed by atoms with van der Waals surface area (Å²) in [6, 6.07) is 8.62. The lowest BCUT2D eigenvalue weighted by atomic mass is 10.1. The van der Waals surface area contributed by atoms with Gasteiger partial charge in [-0.2, -0.15) is 0 Å². The Morgan fingerprint density at radius 3 is 2.60 bits per heavy atom. The van der Waals surface area contributed by atoms with E-state index in [1.54, 1.807) is 6.33 Å². The molecule has 138 valence electrons. The van der Waals surface area contributed by atoms with Crippen molar-refractivity contribution in [3.8, 4) is 0 Å². The van der Waals surface area contributed by atoms with Crippen LogP contribution in [0.25, 0.3) is 0 Å². The standard InChI is InChI=1S/C18H28N6.HI/c1-5-17-22-21-14-24(17)12-11-20-18(19-6-2)23(4)13-16-9-7-15(3)8-10-16;/h7-10,14H,5-6,11-13H2,1-4H3,(H,19,20);1H. The van der Waals surface area contributed by atoms with E-state index in [2.05, 4.69) is 77.1 Å². The van der Waals surface area contributed by atoms with Crippen molar-refractivity contribution in [3.63, 3.8) is 0 Å². The Morgan fingerprint density at radius 1 is 1.24 bits per heavy atom. The molecular weight excluding hydrogens is 427 g/mol. The summed E-state index contributed by atoms with van der Waals surface area (Å²) in [4.78, 5) is 6.89. The second kappa shape index (κ2) is 11.1. The minimum absolute atomic E-state index is 0. The van der Waals surface area contributed by atoms with E-state index in [0.717, 1.165) is 37.8 Å². The highest BCUT2D eigenvalue weighted by atomic mass is 127. The number of guanidine groups is 1. The van der Waals surface area contributed by atoms with Crippen LogP contribution >= 0.6 is 24.0 Å². The minimum atomic E-state index is 0. The molecule has 1 aromatic heterocycles. The summed E-state index contributed by atoms with van der Waals surface area (Å²) < 4.78 is 2.06. The van der Waals surface area contributed by atoms with E-state index in [1.807, 2.05) is 0 Å². The van der Waals surface area contributed by atoms with E-state index >= 15 is 0 Å². The van der Waals surface area contributed by atoms with Crippen LogP contribution in [0.3, 0.4) is 0 Å². The Balaban J connectivity index is 0.00000312. The molecule has 0 aliphatic carbocycles. The summed E-state index contributed by atoms with van der Waals surface area (Å²) in [5, 5.41) is 11.4. The minimum Gasteiger partial charge on any atom is -0.357 e. The lowest BCUT2D eigenvalue weighted by Gasteiger charge is -2.22. The van der Waals surface area contributed by atoms with Crippen LogP contribution in [0, 0.1) is 6.92 Å². The Kier molecular flexibility index (Phi) is 9.48. The highest BCUT2D eigenvalue weighted by molar-refractivity contribution is 14.0. The highest BCUT2D eigenvalue weighted by Gasteiger charge is 2.07. The first-order chi connectivity index (χ1) is 11.6. The second-order valence-corrected chi connectivity index (χ2v) is 5.87. The molecule has 0 fully saturated rings. The van der Waals surface area contributed by atoms with E-state index in [9.17, 15) is 0 Å². The summed E-state index contributed by atoms with van der Waals surface area (Å²) in [6.07, 6.45) is 2.66. The molecule has 0 aliphatic heterocycles. The first kappa shape index (κ1) is 21.4. The maximum atomic E-state index is 4.73. The molecule has 0 bridgehead atoms. The van der Waals surface area contributed by atoms with Gasteiger partial charge in [-0.25, -0.2) is 0 Å². The third-order valence-corrected chi connectivity index (χ3v) is 3.85. The molecule has 7 heteroatoms. The van der Waals surface area contributed by atoms with Gasteiger partial charge in [-0.15, -0.1) is 34.2 Å². The lowest BCUT2D eigenvalue weighted by molar-refractivity contribution is 0.475. The molecule has 1 aromatic carbocycles. The number of nitrogens with one attached hydrogen (secondary N) is 1. The zero-order valence-corrected chi connectivity index (χ0v) is 17.9. The molecule has 0 amide bonds. The van der Waals surface area contributed by atoms with Crippen molar-refractivity contribution in [2.75, 3.05) is 20.1 Å². The molecule has 2 aromatic rings. The van der Waals surface area contributed by atoms with Crippen molar-refractivity contribution in [1.29, 1.82) is 0 Å². The Bertz CT molecular complexity index is 650. The van der Waals surface area contributed by atoms with Gasteiger partial charge in [0.15, 0.2) is 5.96 Å². The third-order valence-electron chi connectivity index (χ3n) is 3.85. The van der Waals surface area contributed by atoms with E-state index < -0.39 is 0 Å². The zero-order valence-electron chi connectivity index (χ0n) is 15.6. The van der Waals surface area contributed by atoms with Gasteiger partial charge in [0.05, 0.1) is 6.54 Å². The summed E-state index contributed by atoms with van der Waals surface area (Å²) in [5.74, 6) is 1.92. The molecule has 6 nitrogen and oxygen atoms in total. The molecule has 0 saturated carbocycles. The van der Waals surface area contributed by atoms with Crippen LogP contribution in [-0.2, 0) is 19.5 Å². The molecule has 0 unspecified atom stereocenters. The van der Waals surface area contributed by atoms with Crippen LogP contribution in [0.5, 0.6) is 0 Å². The summed E-state index contributed by atoms with van der Waals surface area (Å²) in [5.41, 5.74) is 2.56. The van der Waals surface area contributed by atoms with Gasteiger partial charge in [0.25, 0.3) is 0 Å². The average Bonchev–Trinajstić information content (AvgIpc) is 3.03. The number of nitrogens with zero attached hydrogens (tertiary/aromatic N) is 5. The van der Waals surface area contributed by atoms with Gasteiger partial charge in [-0.05, 0) is 19.4 Å². The van der Waals surface area contributed by atoms with Gasteiger partial charge in [0.2, 0.25) is 0 Å². The predicted octanol–water partition coefficient (Wildman–Crippen LogP) is 2.86. The first-order valence-electron chi connectivity index (χ1n) is 8.55. The summed E-state index contributed by atoms with van der Waals surface area (Å²) >= 11 is 0. The molecule has 0 saturated heterocycles. The van der Waals surface area contributed by atoms with Crippen molar-refractivity contribution < 1.29 is 0 Å². The van der Waals surface area contributed by atoms with Crippen LogP contribution in [-0.4, -0.2) is 45.8 Å². The quantitative estimate of drug-likeness (QED) is 0.396. The molecule has 1 heterocycles. The SMILES string of the molecule is CCNC(=NCCn1cnnc1CC)N(C)Cc1ccc(C)cc1.I. The van der Waals surface area contributed by atoms with Crippen molar-refractivity contribution in [2.45, 2.75) is 40.3 Å². The fourth-order valence-electron chi connectivity index (χ4n) is 2.52. The highest BCUT2D eigenvalue weighted by Crippen LogP contribution is 2.06. The van der Waals surface area contributed by atoms with Crippen LogP contribution in [0.15, 0.2) is 35.6 Å². The normalized spacial score (nSPS) is 11.1. The monoisotopic (exact) mass is 456 g/mol. The van der Waals surface area contributed by atoms with Crippen molar-refractivity contribution >= 4 is 29.9 Å². The van der Waals surface area contributed by atoms with Crippen molar-refractivity contribution in [1.82, 2.24) is 25.0 Å². The van der Waals surface area contributed by atoms with Crippen LogP contribution in [0.1, 0.15) is 30.8 Å². The van der Waals surface area contributed by atoms with Gasteiger partial charge in [-0.1, -0.05) is 36.8 Å². The molecule has 25 heavy (non-hydrogen) atoms. The fourth-order valence-corrected chi connectivity index (χ4v) is 2.52. The van der Waals surface area contributed by atoms with Gasteiger partial charge < -0.3 is 14.8 Å². The maximum absolute atomic E-state index is 4.73. The van der Waals surface area contributed by atoms with E-state index in [1.165, 1.54) is 11.1 Å². The van der Waals surface area contributed by atoms with E-state index in [0.29, 0.717) is 6.54 Å². The fraction of sp³-hybridized carbons (Fsp3) is 0.500. The lowest BCUT2D eigenvalue weighted by Crippen LogP contribution is -2.38. The topological polar surface area (TPSA) is 58.3 Å². The van der Waals surface area contributed by atoms with Gasteiger partial charge >= 0.3 is 0 Å². The van der Waals surface area contributed by atoms with Crippen molar-refractivity contribution in [3.05, 3.63) is 47.5 Å². The second-order valence-electron chi connectivity index (χ2n) is 5.87. The number of rotatable bonds is 7. The van der Waals surface area contributed by atoms with Crippen molar-refractivity contribution in [2.24, 2.45) is 4.99 Å². The van der Waals surface area contributed by atoms with Gasteiger partial charge in [-0.3, -0.25) is 4.99 Å². The Hall–Kier alpha value is -1.64. The molecular formula is C18H29IN6. The molecule has 0 radical (unpaired) electrons. The number of hydrogen-bond acceptors (Lipinski definition) is 3. The largest absolute Gasteiger partial charge is 0.357 e. The number of aryl methyl sites for hydroxylation is 2. The van der Waals surface area contributed by atoms with Crippen LogP contribution < -0.4 is 5.32 Å². The molecule has 2 rings (SSSR count). The van der Waals surface area contributed by atoms with Gasteiger partial charge in [0.1, 0.15) is 12.2 Å². The Labute approximate surface area is 167 Å². The maximum Gasteiger partial charge on any atom is 0.194 e. The molecule has 0 spiro atoms. The van der Waals surface area contributed by atoms with E-state index in [4.69, 9.17) is 4.99 Å². The van der Waals surface area contributed by atoms with E-state index in [-0.39, 0.29) is 24.0 Å². The zero-order chi connectivity index (χ0) is 17.4.